The summed E-state index contributed by atoms with van der Waals surface area (Å²) in [6.45, 7) is 10.4. The number of hydrogen-bond acceptors (Lipinski definition) is 4. The van der Waals surface area contributed by atoms with Gasteiger partial charge in [0.2, 0.25) is 0 Å². The summed E-state index contributed by atoms with van der Waals surface area (Å²) in [6.07, 6.45) is -0.159. The molecule has 0 bridgehead atoms. The van der Waals surface area contributed by atoms with E-state index < -0.39 is 38.6 Å². The normalized spacial score (nSPS) is 12.6. The van der Waals surface area contributed by atoms with E-state index in [0.717, 1.165) is 12.1 Å². The van der Waals surface area contributed by atoms with Gasteiger partial charge in [0.15, 0.2) is 15.6 Å². The van der Waals surface area contributed by atoms with Crippen molar-refractivity contribution in [2.75, 3.05) is 5.75 Å². The first-order chi connectivity index (χ1) is 14.1. The van der Waals surface area contributed by atoms with E-state index in [9.17, 15) is 27.1 Å². The summed E-state index contributed by atoms with van der Waals surface area (Å²) in [6, 6.07) is 5.85. The van der Waals surface area contributed by atoms with Crippen LogP contribution in [0.3, 0.4) is 0 Å². The highest BCUT2D eigenvalue weighted by Crippen LogP contribution is 2.30. The van der Waals surface area contributed by atoms with Crippen LogP contribution in [0.25, 0.3) is 0 Å². The highest BCUT2D eigenvalue weighted by atomic mass is 32.2. The number of rotatable bonds is 8. The molecule has 7 heteroatoms. The minimum Gasteiger partial charge on any atom is -0.386 e. The molecule has 0 heterocycles. The van der Waals surface area contributed by atoms with Gasteiger partial charge in [0, 0.05) is 6.42 Å². The third-order valence-electron chi connectivity index (χ3n) is 5.19. The van der Waals surface area contributed by atoms with Gasteiger partial charge in [-0.2, -0.15) is 0 Å². The van der Waals surface area contributed by atoms with E-state index >= 15 is 0 Å². The van der Waals surface area contributed by atoms with Crippen LogP contribution < -0.4 is 0 Å². The molecule has 1 N–H and O–H groups in total. The van der Waals surface area contributed by atoms with Crippen LogP contribution in [-0.4, -0.2) is 25.1 Å². The van der Waals surface area contributed by atoms with E-state index in [1.165, 1.54) is 32.0 Å². The molecule has 31 heavy (non-hydrogen) atoms. The van der Waals surface area contributed by atoms with E-state index in [2.05, 4.69) is 0 Å². The SMILES string of the molecule is CC(C)c1cc(F)cc(C(C)C)c1CC(=O)CS(=O)(=O)c1cc(F)cc(C(C)(C)O)c1. The lowest BCUT2D eigenvalue weighted by Crippen LogP contribution is -2.21. The fraction of sp³-hybridized carbons (Fsp3) is 0.458. The van der Waals surface area contributed by atoms with Crippen LogP contribution in [0.2, 0.25) is 0 Å². The monoisotopic (exact) mass is 452 g/mol. The lowest BCUT2D eigenvalue weighted by molar-refractivity contribution is -0.116. The second-order valence-corrected chi connectivity index (χ2v) is 11.1. The summed E-state index contributed by atoms with van der Waals surface area (Å²) in [5, 5.41) is 10.1. The predicted molar refractivity (Wildman–Crippen MR) is 117 cm³/mol. The van der Waals surface area contributed by atoms with Gasteiger partial charge in [0.25, 0.3) is 0 Å². The Kier molecular flexibility index (Phi) is 7.43. The molecule has 0 aliphatic rings. The number of ketones is 1. The van der Waals surface area contributed by atoms with Gasteiger partial charge in [0.1, 0.15) is 17.4 Å². The van der Waals surface area contributed by atoms with Crippen LogP contribution in [-0.2, 0) is 26.7 Å². The Morgan fingerprint density at radius 3 is 1.87 bits per heavy atom. The fourth-order valence-electron chi connectivity index (χ4n) is 3.55. The van der Waals surface area contributed by atoms with Gasteiger partial charge >= 0.3 is 0 Å². The van der Waals surface area contributed by atoms with Gasteiger partial charge in [0.05, 0.1) is 10.5 Å². The Balaban J connectivity index is 2.40. The predicted octanol–water partition coefficient (Wildman–Crippen LogP) is 5.02. The summed E-state index contributed by atoms with van der Waals surface area (Å²) >= 11 is 0. The Bertz CT molecular complexity index is 1050. The van der Waals surface area contributed by atoms with Crippen molar-refractivity contribution >= 4 is 15.6 Å². The number of benzene rings is 2. The van der Waals surface area contributed by atoms with E-state index in [4.69, 9.17) is 0 Å². The molecule has 0 radical (unpaired) electrons. The van der Waals surface area contributed by atoms with E-state index in [1.54, 1.807) is 0 Å². The van der Waals surface area contributed by atoms with Crippen molar-refractivity contribution in [3.8, 4) is 0 Å². The summed E-state index contributed by atoms with van der Waals surface area (Å²) < 4.78 is 53.7. The topological polar surface area (TPSA) is 71.4 Å². The molecule has 0 atom stereocenters. The van der Waals surface area contributed by atoms with Crippen molar-refractivity contribution in [1.82, 2.24) is 0 Å². The number of sulfone groups is 1. The number of halogens is 2. The molecule has 0 unspecified atom stereocenters. The first-order valence-electron chi connectivity index (χ1n) is 10.2. The van der Waals surface area contributed by atoms with E-state index in [-0.39, 0.29) is 28.7 Å². The Morgan fingerprint density at radius 2 is 1.42 bits per heavy atom. The van der Waals surface area contributed by atoms with Gasteiger partial charge in [-0.05, 0) is 78.3 Å². The zero-order valence-corrected chi connectivity index (χ0v) is 19.6. The smallest absolute Gasteiger partial charge is 0.185 e. The second-order valence-electron chi connectivity index (χ2n) is 9.08. The number of carbonyl (C=O) groups is 1. The van der Waals surface area contributed by atoms with E-state index in [0.29, 0.717) is 16.7 Å². The molecular formula is C24H30F2O4S. The highest BCUT2D eigenvalue weighted by molar-refractivity contribution is 7.92. The highest BCUT2D eigenvalue weighted by Gasteiger charge is 2.26. The summed E-state index contributed by atoms with van der Waals surface area (Å²) in [5.74, 6) is -2.68. The third kappa shape index (κ3) is 6.20. The molecule has 0 saturated carbocycles. The molecule has 0 spiro atoms. The van der Waals surface area contributed by atoms with Crippen molar-refractivity contribution in [1.29, 1.82) is 0 Å². The molecule has 0 aliphatic carbocycles. The molecule has 2 aromatic carbocycles. The first kappa shape index (κ1) is 25.1. The zero-order valence-electron chi connectivity index (χ0n) is 18.8. The lowest BCUT2D eigenvalue weighted by Gasteiger charge is -2.20. The maximum atomic E-state index is 14.1. The molecule has 170 valence electrons. The number of aliphatic hydroxyl groups is 1. The van der Waals surface area contributed by atoms with Crippen LogP contribution in [0.4, 0.5) is 8.78 Å². The summed E-state index contributed by atoms with van der Waals surface area (Å²) in [5.41, 5.74) is 0.640. The van der Waals surface area contributed by atoms with Crippen LogP contribution in [0.1, 0.15) is 75.6 Å². The van der Waals surface area contributed by atoms with Gasteiger partial charge < -0.3 is 5.11 Å². The first-order valence-corrected chi connectivity index (χ1v) is 11.9. The molecular weight excluding hydrogens is 422 g/mol. The molecule has 0 amide bonds. The summed E-state index contributed by atoms with van der Waals surface area (Å²) in [4.78, 5) is 12.4. The van der Waals surface area contributed by atoms with Crippen molar-refractivity contribution in [3.63, 3.8) is 0 Å². The standard InChI is InChI=1S/C24H30F2O4S/c1-14(2)21-10-18(26)11-22(15(3)4)23(21)12-19(27)13-31(29,30)20-8-16(24(5,6)28)7-17(25)9-20/h7-11,14-15,28H,12-13H2,1-6H3. The number of carbonyl (C=O) groups excluding carboxylic acids is 1. The minimum absolute atomic E-state index is 0.0508. The largest absolute Gasteiger partial charge is 0.386 e. The van der Waals surface area contributed by atoms with Gasteiger partial charge in [-0.1, -0.05) is 27.7 Å². The van der Waals surface area contributed by atoms with E-state index in [1.807, 2.05) is 27.7 Å². The molecule has 0 fully saturated rings. The van der Waals surface area contributed by atoms with Crippen LogP contribution in [0.5, 0.6) is 0 Å². The lowest BCUT2D eigenvalue weighted by atomic mass is 9.86. The molecule has 0 aromatic heterocycles. The van der Waals surface area contributed by atoms with Gasteiger partial charge in [-0.15, -0.1) is 0 Å². The molecule has 0 saturated heterocycles. The maximum absolute atomic E-state index is 14.1. The molecule has 0 aliphatic heterocycles. The maximum Gasteiger partial charge on any atom is 0.185 e. The Hall–Kier alpha value is -2.12. The van der Waals surface area contributed by atoms with Crippen molar-refractivity contribution in [3.05, 3.63) is 64.2 Å². The average Bonchev–Trinajstić information content (AvgIpc) is 2.60. The van der Waals surface area contributed by atoms with Crippen LogP contribution in [0, 0.1) is 11.6 Å². The fourth-order valence-corrected chi connectivity index (χ4v) is 4.84. The van der Waals surface area contributed by atoms with Crippen molar-refractivity contribution in [2.24, 2.45) is 0 Å². The number of Topliss-reactive ketones (excluding diaryl/α,β-unsaturated/α-hetero) is 1. The number of hydrogen-bond donors (Lipinski definition) is 1. The summed E-state index contributed by atoms with van der Waals surface area (Å²) in [7, 11) is -4.13. The van der Waals surface area contributed by atoms with Crippen LogP contribution in [0.15, 0.2) is 35.2 Å². The molecule has 2 aromatic rings. The molecule has 4 nitrogen and oxygen atoms in total. The average molecular weight is 453 g/mol. The van der Waals surface area contributed by atoms with Gasteiger partial charge in [-0.3, -0.25) is 4.79 Å². The van der Waals surface area contributed by atoms with Gasteiger partial charge in [-0.25, -0.2) is 17.2 Å². The van der Waals surface area contributed by atoms with Crippen molar-refractivity contribution in [2.45, 2.75) is 70.3 Å². The quantitative estimate of drug-likeness (QED) is 0.610. The molecule has 2 rings (SSSR count). The third-order valence-corrected chi connectivity index (χ3v) is 6.85. The van der Waals surface area contributed by atoms with Crippen molar-refractivity contribution < 1.29 is 27.1 Å². The zero-order chi connectivity index (χ0) is 23.7. The Labute approximate surface area is 183 Å². The Morgan fingerprint density at radius 1 is 0.935 bits per heavy atom. The second kappa shape index (κ2) is 9.17. The minimum atomic E-state index is -4.13. The van der Waals surface area contributed by atoms with Crippen LogP contribution >= 0.6 is 0 Å².